The molecule has 0 heterocycles. The lowest BCUT2D eigenvalue weighted by Gasteiger charge is -2.41. The summed E-state index contributed by atoms with van der Waals surface area (Å²) in [5, 5.41) is 13.1. The Hall–Kier alpha value is -1.77. The molecule has 1 rings (SSSR count). The highest BCUT2D eigenvalue weighted by Gasteiger charge is 2.41. The van der Waals surface area contributed by atoms with Gasteiger partial charge in [-0.2, -0.15) is 0 Å². The Balaban J connectivity index is 3.22. The van der Waals surface area contributed by atoms with Crippen LogP contribution in [-0.2, 0) is 15.6 Å². The van der Waals surface area contributed by atoms with Crippen LogP contribution in [0.2, 0.25) is 18.1 Å². The van der Waals surface area contributed by atoms with Crippen molar-refractivity contribution in [2.75, 3.05) is 20.8 Å². The molecule has 0 saturated heterocycles. The summed E-state index contributed by atoms with van der Waals surface area (Å²) in [6, 6.07) is 5.10. The molecule has 1 aromatic rings. The van der Waals surface area contributed by atoms with Gasteiger partial charge in [0.2, 0.25) is 0 Å². The van der Waals surface area contributed by atoms with E-state index in [0.717, 1.165) is 5.56 Å². The number of carbonyl (C=O) groups excluding carboxylic acids is 1. The van der Waals surface area contributed by atoms with Crippen LogP contribution in [0.25, 0.3) is 0 Å². The van der Waals surface area contributed by atoms with Gasteiger partial charge in [0.1, 0.15) is 5.60 Å². The first-order valence-corrected chi connectivity index (χ1v) is 13.5. The molecule has 178 valence electrons. The quantitative estimate of drug-likeness (QED) is 0.532. The summed E-state index contributed by atoms with van der Waals surface area (Å²) >= 11 is 0. The van der Waals surface area contributed by atoms with Crippen molar-refractivity contribution in [3.05, 3.63) is 23.8 Å². The van der Waals surface area contributed by atoms with Gasteiger partial charge in [-0.05, 0) is 63.0 Å². The third-order valence-corrected chi connectivity index (χ3v) is 9.99. The highest BCUT2D eigenvalue weighted by atomic mass is 28.4. The number of ether oxygens (including phenoxy) is 3. The van der Waals surface area contributed by atoms with Crippen LogP contribution in [0.5, 0.6) is 11.5 Å². The zero-order valence-corrected chi connectivity index (χ0v) is 21.8. The molecule has 0 aromatic heterocycles. The number of carbonyl (C=O) groups is 1. The first-order valence-electron chi connectivity index (χ1n) is 10.6. The lowest BCUT2D eigenvalue weighted by atomic mass is 10.0. The fourth-order valence-corrected chi connectivity index (χ4v) is 4.15. The fourth-order valence-electron chi connectivity index (χ4n) is 2.80. The Bertz CT molecular complexity index is 724. The van der Waals surface area contributed by atoms with Gasteiger partial charge in [-0.1, -0.05) is 26.8 Å². The number of rotatable bonds is 9. The minimum atomic E-state index is -2.20. The van der Waals surface area contributed by atoms with Crippen molar-refractivity contribution >= 4 is 14.4 Å². The maximum Gasteiger partial charge on any atom is 0.407 e. The largest absolute Gasteiger partial charge is 0.493 e. The van der Waals surface area contributed by atoms with E-state index in [1.807, 2.05) is 39.0 Å². The summed E-state index contributed by atoms with van der Waals surface area (Å²) in [4.78, 5) is 12.6. The number of benzene rings is 1. The van der Waals surface area contributed by atoms with E-state index in [9.17, 15) is 9.90 Å². The predicted octanol–water partition coefficient (Wildman–Crippen LogP) is 4.52. The van der Waals surface area contributed by atoms with Gasteiger partial charge in [-0.3, -0.25) is 0 Å². The molecule has 0 unspecified atom stereocenters. The van der Waals surface area contributed by atoms with Gasteiger partial charge in [-0.15, -0.1) is 0 Å². The van der Waals surface area contributed by atoms with Gasteiger partial charge >= 0.3 is 6.09 Å². The molecule has 8 heteroatoms. The van der Waals surface area contributed by atoms with Crippen molar-refractivity contribution < 1.29 is 28.5 Å². The van der Waals surface area contributed by atoms with Crippen molar-refractivity contribution in [3.8, 4) is 11.5 Å². The molecule has 2 atom stereocenters. The van der Waals surface area contributed by atoms with E-state index in [4.69, 9.17) is 18.6 Å². The van der Waals surface area contributed by atoms with Crippen LogP contribution in [0, 0.1) is 0 Å². The van der Waals surface area contributed by atoms with Crippen LogP contribution in [0.1, 0.15) is 47.1 Å². The van der Waals surface area contributed by atoms with Crippen LogP contribution in [0.4, 0.5) is 4.79 Å². The standard InChI is InChI=1S/C23H41NO6Si/c1-22(2,3)29-21(26)24-17(20(15-25)30-31(9,10)23(4,5)6)13-16-11-12-18(27-7)19(14-16)28-8/h11-12,14,17,20,25H,13,15H2,1-10H3,(H,24,26)/t17-,20+/m0/s1. The average Bonchev–Trinajstić information content (AvgIpc) is 2.63. The number of aliphatic hydroxyl groups excluding tert-OH is 1. The Morgan fingerprint density at radius 3 is 2.10 bits per heavy atom. The normalized spacial score (nSPS) is 14.5. The number of hydrogen-bond acceptors (Lipinski definition) is 6. The Labute approximate surface area is 188 Å². The second kappa shape index (κ2) is 10.7. The van der Waals surface area contributed by atoms with Gasteiger partial charge in [0, 0.05) is 0 Å². The zero-order valence-electron chi connectivity index (χ0n) is 20.8. The highest BCUT2D eigenvalue weighted by molar-refractivity contribution is 6.74. The summed E-state index contributed by atoms with van der Waals surface area (Å²) in [5.41, 5.74) is 0.281. The summed E-state index contributed by atoms with van der Waals surface area (Å²) in [6.07, 6.45) is -0.698. The average molecular weight is 456 g/mol. The molecule has 0 saturated carbocycles. The van der Waals surface area contributed by atoms with Gasteiger partial charge in [0.05, 0.1) is 33.0 Å². The highest BCUT2D eigenvalue weighted by Crippen LogP contribution is 2.38. The van der Waals surface area contributed by atoms with Gasteiger partial charge < -0.3 is 29.1 Å². The molecule has 1 aromatic carbocycles. The molecule has 31 heavy (non-hydrogen) atoms. The minimum absolute atomic E-state index is 0.0414. The molecule has 0 fully saturated rings. The Morgan fingerprint density at radius 2 is 1.65 bits per heavy atom. The van der Waals surface area contributed by atoms with Gasteiger partial charge in [0.15, 0.2) is 19.8 Å². The predicted molar refractivity (Wildman–Crippen MR) is 126 cm³/mol. The van der Waals surface area contributed by atoms with Crippen LogP contribution in [0.15, 0.2) is 18.2 Å². The number of hydrogen-bond donors (Lipinski definition) is 2. The number of alkyl carbamates (subject to hydrolysis) is 1. The van der Waals surface area contributed by atoms with E-state index >= 15 is 0 Å². The zero-order chi connectivity index (χ0) is 24.0. The van der Waals surface area contributed by atoms with E-state index in [0.29, 0.717) is 17.9 Å². The van der Waals surface area contributed by atoms with Crippen LogP contribution >= 0.6 is 0 Å². The smallest absolute Gasteiger partial charge is 0.407 e. The van der Waals surface area contributed by atoms with Crippen LogP contribution in [0.3, 0.4) is 0 Å². The van der Waals surface area contributed by atoms with Gasteiger partial charge in [-0.25, -0.2) is 4.79 Å². The van der Waals surface area contributed by atoms with Crippen molar-refractivity contribution in [2.24, 2.45) is 0 Å². The second-order valence-corrected chi connectivity index (χ2v) is 15.0. The monoisotopic (exact) mass is 455 g/mol. The summed E-state index contributed by atoms with van der Waals surface area (Å²) in [5.74, 6) is 1.22. The third kappa shape index (κ3) is 8.35. The van der Waals surface area contributed by atoms with E-state index in [2.05, 4.69) is 39.2 Å². The first kappa shape index (κ1) is 27.3. The van der Waals surface area contributed by atoms with E-state index in [1.54, 1.807) is 14.2 Å². The molecule has 0 radical (unpaired) electrons. The number of methoxy groups -OCH3 is 2. The molecule has 0 spiro atoms. The summed E-state index contributed by atoms with van der Waals surface area (Å²) in [7, 11) is 0.965. The van der Waals surface area contributed by atoms with E-state index < -0.39 is 32.2 Å². The molecule has 7 nitrogen and oxygen atoms in total. The lowest BCUT2D eigenvalue weighted by Crippen LogP contribution is -2.54. The third-order valence-electron chi connectivity index (χ3n) is 5.49. The topological polar surface area (TPSA) is 86.3 Å². The van der Waals surface area contributed by atoms with E-state index in [1.165, 1.54) is 0 Å². The number of amides is 1. The van der Waals surface area contributed by atoms with Crippen molar-refractivity contribution in [1.29, 1.82) is 0 Å². The van der Waals surface area contributed by atoms with Crippen molar-refractivity contribution in [3.63, 3.8) is 0 Å². The minimum Gasteiger partial charge on any atom is -0.493 e. The molecular weight excluding hydrogens is 414 g/mol. The van der Waals surface area contributed by atoms with Crippen molar-refractivity contribution in [1.82, 2.24) is 5.32 Å². The van der Waals surface area contributed by atoms with E-state index in [-0.39, 0.29) is 11.6 Å². The fraction of sp³-hybridized carbons (Fsp3) is 0.696. The number of aliphatic hydroxyl groups is 1. The second-order valence-electron chi connectivity index (χ2n) is 10.2. The van der Waals surface area contributed by atoms with Crippen LogP contribution < -0.4 is 14.8 Å². The Kier molecular flexibility index (Phi) is 9.41. The summed E-state index contributed by atoms with van der Waals surface area (Å²) < 4.78 is 22.7. The molecule has 0 bridgehead atoms. The molecule has 2 N–H and O–H groups in total. The molecule has 1 amide bonds. The van der Waals surface area contributed by atoms with Gasteiger partial charge in [0.25, 0.3) is 0 Å². The maximum absolute atomic E-state index is 12.6. The first-order chi connectivity index (χ1) is 14.1. The number of nitrogens with one attached hydrogen (secondary N) is 1. The Morgan fingerprint density at radius 1 is 1.06 bits per heavy atom. The van der Waals surface area contributed by atoms with Crippen molar-refractivity contribution in [2.45, 2.75) is 83.8 Å². The molecule has 0 aliphatic rings. The summed E-state index contributed by atoms with van der Waals surface area (Å²) in [6.45, 7) is 15.9. The molecule has 0 aliphatic carbocycles. The molecule has 0 aliphatic heterocycles. The van der Waals surface area contributed by atoms with Crippen LogP contribution in [-0.4, -0.2) is 58.1 Å². The maximum atomic E-state index is 12.6. The lowest BCUT2D eigenvalue weighted by molar-refractivity contribution is 0.0350. The molecular formula is C23H41NO6Si. The SMILES string of the molecule is COc1ccc(C[C@H](NC(=O)OC(C)(C)C)[C@@H](CO)O[Si](C)(C)C(C)(C)C)cc1OC.